The summed E-state index contributed by atoms with van der Waals surface area (Å²) in [5.74, 6) is -0.505. The number of hydrogen-bond acceptors (Lipinski definition) is 6. The molecule has 8 nitrogen and oxygen atoms in total. The van der Waals surface area contributed by atoms with Crippen molar-refractivity contribution in [2.45, 2.75) is 24.8 Å². The quantitative estimate of drug-likeness (QED) is 0.310. The van der Waals surface area contributed by atoms with E-state index in [1.165, 1.54) is 37.6 Å². The average molecular weight is 533 g/mol. The van der Waals surface area contributed by atoms with Crippen LogP contribution in [0, 0.1) is 0 Å². The van der Waals surface area contributed by atoms with E-state index >= 15 is 0 Å². The van der Waals surface area contributed by atoms with Crippen LogP contribution in [0.3, 0.4) is 0 Å². The summed E-state index contributed by atoms with van der Waals surface area (Å²) in [4.78, 5) is 16.3. The van der Waals surface area contributed by atoms with E-state index in [-0.39, 0.29) is 32.9 Å². The number of sulfonamides is 1. The molecule has 0 saturated heterocycles. The van der Waals surface area contributed by atoms with Crippen LogP contribution in [0.5, 0.6) is 0 Å². The van der Waals surface area contributed by atoms with Gasteiger partial charge in [0.1, 0.15) is 0 Å². The summed E-state index contributed by atoms with van der Waals surface area (Å²) in [7, 11) is -1.05. The Hall–Kier alpha value is -3.14. The molecule has 0 aliphatic heterocycles. The zero-order chi connectivity index (χ0) is 25.3. The Labute approximate surface area is 213 Å². The number of hydrogen-bond donors (Lipinski definition) is 0. The van der Waals surface area contributed by atoms with Crippen molar-refractivity contribution in [1.82, 2.24) is 14.8 Å². The molecule has 0 spiro atoms. The van der Waals surface area contributed by atoms with Crippen LogP contribution in [0.4, 0.5) is 5.82 Å². The second kappa shape index (κ2) is 9.85. The number of pyridine rings is 1. The number of aryl methyl sites for hydroxylation is 2. The summed E-state index contributed by atoms with van der Waals surface area (Å²) in [5.41, 5.74) is 2.36. The van der Waals surface area contributed by atoms with E-state index in [0.29, 0.717) is 17.5 Å². The fraction of sp³-hybridized carbons (Fsp3) is 0.208. The van der Waals surface area contributed by atoms with Crippen LogP contribution in [-0.2, 0) is 34.8 Å². The van der Waals surface area contributed by atoms with Gasteiger partial charge in [-0.15, -0.1) is 0 Å². The maximum absolute atomic E-state index is 14.0. The summed E-state index contributed by atoms with van der Waals surface area (Å²) in [6.07, 6.45) is 3.43. The van der Waals surface area contributed by atoms with Crippen LogP contribution in [0.15, 0.2) is 59.8 Å². The van der Waals surface area contributed by atoms with Gasteiger partial charge in [0.15, 0.2) is 5.82 Å². The fourth-order valence-electron chi connectivity index (χ4n) is 3.81. The largest absolute Gasteiger partial charge is 0.465 e. The second-order valence-corrected chi connectivity index (χ2v) is 10.5. The molecule has 182 valence electrons. The van der Waals surface area contributed by atoms with Gasteiger partial charge in [-0.05, 0) is 53.9 Å². The molecule has 0 unspecified atom stereocenters. The van der Waals surface area contributed by atoms with E-state index in [1.54, 1.807) is 10.9 Å². The number of nitrogens with zero attached hydrogens (tertiary/aromatic N) is 4. The van der Waals surface area contributed by atoms with Gasteiger partial charge in [0.2, 0.25) is 0 Å². The zero-order valence-electron chi connectivity index (χ0n) is 19.2. The lowest BCUT2D eigenvalue weighted by Gasteiger charge is -2.26. The van der Waals surface area contributed by atoms with Crippen LogP contribution in [0.2, 0.25) is 10.0 Å². The summed E-state index contributed by atoms with van der Waals surface area (Å²) in [6, 6.07) is 11.4. The molecule has 4 aromatic rings. The number of fused-ring (bicyclic) bond motifs is 1. The molecule has 0 atom stereocenters. The molecule has 0 aliphatic carbocycles. The average Bonchev–Trinajstić information content (AvgIpc) is 3.21. The Bertz CT molecular complexity index is 1540. The minimum Gasteiger partial charge on any atom is -0.465 e. The van der Waals surface area contributed by atoms with Crippen LogP contribution in [0.1, 0.15) is 28.4 Å². The van der Waals surface area contributed by atoms with Gasteiger partial charge in [-0.1, -0.05) is 36.2 Å². The molecule has 0 radical (unpaired) electrons. The highest BCUT2D eigenvalue weighted by Gasteiger charge is 2.30. The summed E-state index contributed by atoms with van der Waals surface area (Å²) in [6.45, 7) is 1.77. The first-order valence-corrected chi connectivity index (χ1v) is 12.8. The lowest BCUT2D eigenvalue weighted by Crippen LogP contribution is -2.32. The molecule has 2 heterocycles. The van der Waals surface area contributed by atoms with Gasteiger partial charge in [-0.2, -0.15) is 5.10 Å². The zero-order valence-corrected chi connectivity index (χ0v) is 21.5. The van der Waals surface area contributed by atoms with Crippen LogP contribution in [0.25, 0.3) is 10.9 Å². The van der Waals surface area contributed by atoms with Gasteiger partial charge in [0, 0.05) is 18.6 Å². The first-order chi connectivity index (χ1) is 16.6. The number of aromatic nitrogens is 3. The van der Waals surface area contributed by atoms with E-state index < -0.39 is 16.0 Å². The molecule has 11 heteroatoms. The smallest absolute Gasteiger partial charge is 0.337 e. The topological polar surface area (TPSA) is 94.4 Å². The van der Waals surface area contributed by atoms with E-state index in [1.807, 2.05) is 32.2 Å². The fourth-order valence-corrected chi connectivity index (χ4v) is 6.05. The Balaban J connectivity index is 1.86. The van der Waals surface area contributed by atoms with E-state index in [0.717, 1.165) is 15.2 Å². The van der Waals surface area contributed by atoms with Crippen LogP contribution in [-0.4, -0.2) is 36.3 Å². The minimum atomic E-state index is -4.16. The van der Waals surface area contributed by atoms with Crippen molar-refractivity contribution in [1.29, 1.82) is 0 Å². The third-order valence-electron chi connectivity index (χ3n) is 5.59. The normalized spacial score (nSPS) is 11.6. The first kappa shape index (κ1) is 25.0. The van der Waals surface area contributed by atoms with Crippen molar-refractivity contribution in [2.75, 3.05) is 11.4 Å². The van der Waals surface area contributed by atoms with Gasteiger partial charge in [0.05, 0.1) is 45.9 Å². The van der Waals surface area contributed by atoms with Crippen molar-refractivity contribution < 1.29 is 17.9 Å². The number of benzene rings is 2. The molecule has 0 bridgehead atoms. The number of carbonyl (C=O) groups is 1. The predicted molar refractivity (Wildman–Crippen MR) is 135 cm³/mol. The summed E-state index contributed by atoms with van der Waals surface area (Å²) < 4.78 is 35.7. The Morgan fingerprint density at radius 1 is 1.11 bits per heavy atom. The van der Waals surface area contributed by atoms with Crippen molar-refractivity contribution >= 4 is 55.9 Å². The highest BCUT2D eigenvalue weighted by Crippen LogP contribution is 2.33. The highest BCUT2D eigenvalue weighted by molar-refractivity contribution is 7.92. The van der Waals surface area contributed by atoms with Crippen LogP contribution >= 0.6 is 23.2 Å². The van der Waals surface area contributed by atoms with Gasteiger partial charge in [-0.3, -0.25) is 4.68 Å². The number of methoxy groups -OCH3 is 1. The lowest BCUT2D eigenvalue weighted by molar-refractivity contribution is 0.0600. The number of halogens is 2. The molecule has 0 saturated carbocycles. The maximum Gasteiger partial charge on any atom is 0.337 e. The van der Waals surface area contributed by atoms with Gasteiger partial charge in [-0.25, -0.2) is 22.5 Å². The Morgan fingerprint density at radius 3 is 2.57 bits per heavy atom. The molecule has 0 fully saturated rings. The number of carbonyl (C=O) groups excluding carboxylic acids is 1. The molecule has 0 amide bonds. The van der Waals surface area contributed by atoms with E-state index in [2.05, 4.69) is 10.1 Å². The second-order valence-electron chi connectivity index (χ2n) is 7.80. The van der Waals surface area contributed by atoms with Crippen molar-refractivity contribution in [2.24, 2.45) is 7.05 Å². The number of anilines is 1. The van der Waals surface area contributed by atoms with E-state index in [4.69, 9.17) is 27.9 Å². The van der Waals surface area contributed by atoms with Crippen molar-refractivity contribution in [3.63, 3.8) is 0 Å². The maximum atomic E-state index is 14.0. The Kier molecular flexibility index (Phi) is 7.02. The molecular formula is C24H22Cl2N4O4S. The van der Waals surface area contributed by atoms with Crippen molar-refractivity contribution in [3.05, 3.63) is 81.6 Å². The number of esters is 1. The molecule has 35 heavy (non-hydrogen) atoms. The first-order valence-electron chi connectivity index (χ1n) is 10.6. The van der Waals surface area contributed by atoms with Crippen LogP contribution < -0.4 is 4.31 Å². The predicted octanol–water partition coefficient (Wildman–Crippen LogP) is 5.02. The third-order valence-corrected chi connectivity index (χ3v) is 7.91. The molecule has 2 aromatic carbocycles. The van der Waals surface area contributed by atoms with E-state index in [9.17, 15) is 13.2 Å². The molecule has 0 aliphatic rings. The molecule has 0 N–H and O–H groups in total. The van der Waals surface area contributed by atoms with Gasteiger partial charge in [0.25, 0.3) is 10.0 Å². The standard InChI is InChI=1S/C24H22Cl2N4O4S/c1-4-16-10-17(24(31)34-3)6-8-22(16)35(32,33)30(23-20(26)11-19(25)13-27-23)14-15-5-7-21-18(9-15)12-28-29(21)2/h5-13H,4,14H2,1-3H3. The molecule has 4 rings (SSSR count). The molecular weight excluding hydrogens is 511 g/mol. The molecule has 2 aromatic heterocycles. The Morgan fingerprint density at radius 2 is 1.89 bits per heavy atom. The van der Waals surface area contributed by atoms with Crippen molar-refractivity contribution in [3.8, 4) is 0 Å². The number of ether oxygens (including phenoxy) is 1. The lowest BCUT2D eigenvalue weighted by atomic mass is 10.1. The van der Waals surface area contributed by atoms with Gasteiger partial charge < -0.3 is 4.74 Å². The minimum absolute atomic E-state index is 0.0383. The monoisotopic (exact) mass is 532 g/mol. The number of rotatable bonds is 7. The highest BCUT2D eigenvalue weighted by atomic mass is 35.5. The van der Waals surface area contributed by atoms with Gasteiger partial charge >= 0.3 is 5.97 Å². The third kappa shape index (κ3) is 4.84. The SMILES string of the molecule is CCc1cc(C(=O)OC)ccc1S(=O)(=O)N(Cc1ccc2c(cnn2C)c1)c1ncc(Cl)cc1Cl. The summed E-state index contributed by atoms with van der Waals surface area (Å²) >= 11 is 12.4. The summed E-state index contributed by atoms with van der Waals surface area (Å²) in [5, 5.41) is 5.49.